The van der Waals surface area contributed by atoms with Crippen molar-refractivity contribution in [2.24, 2.45) is 21.7 Å². The van der Waals surface area contributed by atoms with Gasteiger partial charge >= 0.3 is 0 Å². The lowest BCUT2D eigenvalue weighted by Gasteiger charge is -2.25. The fraction of sp³-hybridized carbons (Fsp3) is 0. The predicted octanol–water partition coefficient (Wildman–Crippen LogP) is 3.42. The summed E-state index contributed by atoms with van der Waals surface area (Å²) in [5.74, 6) is -0.0628. The van der Waals surface area contributed by atoms with Crippen LogP contribution in [0.3, 0.4) is 0 Å². The molecule has 0 fully saturated rings. The summed E-state index contributed by atoms with van der Waals surface area (Å²) in [6, 6.07) is 28.5. The first-order valence-electron chi connectivity index (χ1n) is 8.43. The zero-order chi connectivity index (χ0) is 21.1. The predicted molar refractivity (Wildman–Crippen MR) is 113 cm³/mol. The third-order valence-corrected chi connectivity index (χ3v) is 3.56. The van der Waals surface area contributed by atoms with Crippen LogP contribution >= 0.6 is 0 Å². The Morgan fingerprint density at radius 1 is 0.862 bits per heavy atom. The summed E-state index contributed by atoms with van der Waals surface area (Å²) in [5, 5.41) is 21.1. The summed E-state index contributed by atoms with van der Waals surface area (Å²) in [6.07, 6.45) is 1.61. The van der Waals surface area contributed by atoms with Gasteiger partial charge in [0, 0.05) is 17.1 Å². The van der Waals surface area contributed by atoms with E-state index >= 15 is 0 Å². The summed E-state index contributed by atoms with van der Waals surface area (Å²) >= 11 is 0. The Hall–Kier alpha value is -4.40. The number of hydrogen-bond donors (Lipinski definition) is 3. The molecule has 0 saturated carbocycles. The number of para-hydroxylation sites is 2. The van der Waals surface area contributed by atoms with Crippen LogP contribution in [0.4, 0.5) is 17.1 Å². The molecule has 3 aromatic carbocycles. The first-order valence-corrected chi connectivity index (χ1v) is 8.43. The van der Waals surface area contributed by atoms with Crippen LogP contribution in [0.5, 0.6) is 0 Å². The molecule has 148 valence electrons. The standard InChI is InChI=1S/C20H19N5.HNO3/c21-20(22)24-23-15-16-11-13-19(14-12-16)25(17-7-3-1-4-8-17)18-9-5-2-6-10-18;2-1(3)4/h1-15H,(H4,21,22,24);(H,2,3,4). The number of nitrogens with two attached hydrogens (primary N) is 2. The Bertz CT molecular complexity index is 913. The first kappa shape index (κ1) is 20.9. The molecule has 0 spiro atoms. The van der Waals surface area contributed by atoms with Gasteiger partial charge < -0.3 is 21.6 Å². The van der Waals surface area contributed by atoms with Crippen LogP contribution in [0, 0.1) is 10.1 Å². The molecule has 0 aliphatic rings. The second-order valence-corrected chi connectivity index (χ2v) is 5.61. The van der Waals surface area contributed by atoms with E-state index in [9.17, 15) is 0 Å². The summed E-state index contributed by atoms with van der Waals surface area (Å²) < 4.78 is 0. The Balaban J connectivity index is 0.000000687. The lowest BCUT2D eigenvalue weighted by Crippen LogP contribution is -2.21. The SMILES string of the molecule is NC(N)=NN=Cc1ccc(N(c2ccccc2)c2ccccc2)cc1.O=[N+]([O-])O. The zero-order valence-electron chi connectivity index (χ0n) is 15.4. The van der Waals surface area contributed by atoms with Crippen molar-refractivity contribution >= 4 is 29.2 Å². The van der Waals surface area contributed by atoms with Gasteiger partial charge in [0.1, 0.15) is 0 Å². The largest absolute Gasteiger partial charge is 0.369 e. The van der Waals surface area contributed by atoms with E-state index in [1.54, 1.807) is 6.21 Å². The lowest BCUT2D eigenvalue weighted by atomic mass is 10.1. The minimum Gasteiger partial charge on any atom is -0.369 e. The average molecular weight is 392 g/mol. The van der Waals surface area contributed by atoms with Crippen molar-refractivity contribution in [1.82, 2.24) is 0 Å². The van der Waals surface area contributed by atoms with Crippen molar-refractivity contribution in [3.05, 3.63) is 101 Å². The van der Waals surface area contributed by atoms with Crippen LogP contribution in [0.2, 0.25) is 0 Å². The van der Waals surface area contributed by atoms with Crippen LogP contribution in [-0.2, 0) is 0 Å². The fourth-order valence-electron chi connectivity index (χ4n) is 2.47. The molecule has 0 aliphatic heterocycles. The van der Waals surface area contributed by atoms with Gasteiger partial charge in [-0.2, -0.15) is 5.10 Å². The summed E-state index contributed by atoms with van der Waals surface area (Å²) in [5.41, 5.74) is 14.7. The molecule has 9 nitrogen and oxygen atoms in total. The molecule has 0 aliphatic carbocycles. The highest BCUT2D eigenvalue weighted by Crippen LogP contribution is 2.33. The van der Waals surface area contributed by atoms with Gasteiger partial charge in [-0.15, -0.1) is 15.2 Å². The van der Waals surface area contributed by atoms with Gasteiger partial charge in [0.05, 0.1) is 6.21 Å². The molecule has 3 rings (SSSR count). The smallest absolute Gasteiger partial charge is 0.291 e. The van der Waals surface area contributed by atoms with Crippen LogP contribution in [0.15, 0.2) is 95.1 Å². The number of rotatable bonds is 5. The van der Waals surface area contributed by atoms with Gasteiger partial charge in [-0.25, -0.2) is 0 Å². The van der Waals surface area contributed by atoms with E-state index in [4.69, 9.17) is 26.8 Å². The van der Waals surface area contributed by atoms with Crippen molar-refractivity contribution in [2.75, 3.05) is 4.90 Å². The lowest BCUT2D eigenvalue weighted by molar-refractivity contribution is -0.742. The molecular weight excluding hydrogens is 372 g/mol. The Morgan fingerprint density at radius 3 is 1.69 bits per heavy atom. The highest BCUT2D eigenvalue weighted by atomic mass is 16.9. The van der Waals surface area contributed by atoms with Gasteiger partial charge in [-0.05, 0) is 42.0 Å². The highest BCUT2D eigenvalue weighted by Gasteiger charge is 2.11. The van der Waals surface area contributed by atoms with E-state index < -0.39 is 5.09 Å². The monoisotopic (exact) mass is 392 g/mol. The molecular formula is C20H20N6O3. The Kier molecular flexibility index (Phi) is 7.70. The first-order chi connectivity index (χ1) is 14.0. The van der Waals surface area contributed by atoms with Gasteiger partial charge in [-0.3, -0.25) is 0 Å². The van der Waals surface area contributed by atoms with E-state index in [0.717, 1.165) is 22.6 Å². The number of hydrogen-bond acceptors (Lipinski definition) is 5. The fourth-order valence-corrected chi connectivity index (χ4v) is 2.47. The van der Waals surface area contributed by atoms with Crippen molar-refractivity contribution in [3.63, 3.8) is 0 Å². The average Bonchev–Trinajstić information content (AvgIpc) is 2.70. The molecule has 0 heterocycles. The number of anilines is 3. The Morgan fingerprint density at radius 2 is 1.28 bits per heavy atom. The van der Waals surface area contributed by atoms with Gasteiger partial charge in [0.25, 0.3) is 5.09 Å². The minimum absolute atomic E-state index is 0.0628. The quantitative estimate of drug-likeness (QED) is 0.263. The summed E-state index contributed by atoms with van der Waals surface area (Å²) in [7, 11) is 0. The molecule has 29 heavy (non-hydrogen) atoms. The maximum Gasteiger partial charge on any atom is 0.291 e. The van der Waals surface area contributed by atoms with Crippen molar-refractivity contribution in [3.8, 4) is 0 Å². The maximum absolute atomic E-state index is 8.36. The molecule has 0 amide bonds. The van der Waals surface area contributed by atoms with Crippen LogP contribution in [0.25, 0.3) is 0 Å². The second-order valence-electron chi connectivity index (χ2n) is 5.61. The van der Waals surface area contributed by atoms with E-state index in [2.05, 4.69) is 39.4 Å². The zero-order valence-corrected chi connectivity index (χ0v) is 15.4. The van der Waals surface area contributed by atoms with Gasteiger partial charge in [-0.1, -0.05) is 48.5 Å². The van der Waals surface area contributed by atoms with Crippen molar-refractivity contribution in [2.45, 2.75) is 0 Å². The van der Waals surface area contributed by atoms with E-state index in [1.807, 2.05) is 60.7 Å². The number of benzene rings is 3. The number of nitrogens with zero attached hydrogens (tertiary/aromatic N) is 4. The highest BCUT2D eigenvalue weighted by molar-refractivity contribution is 5.83. The summed E-state index contributed by atoms with van der Waals surface area (Å²) in [4.78, 5) is 10.6. The van der Waals surface area contributed by atoms with Crippen LogP contribution < -0.4 is 16.4 Å². The van der Waals surface area contributed by atoms with Crippen molar-refractivity contribution in [1.29, 1.82) is 0 Å². The summed E-state index contributed by atoms with van der Waals surface area (Å²) in [6.45, 7) is 0. The molecule has 3 aromatic rings. The van der Waals surface area contributed by atoms with E-state index in [0.29, 0.717) is 0 Å². The van der Waals surface area contributed by atoms with Gasteiger partial charge in [0.15, 0.2) is 0 Å². The number of guanidine groups is 1. The Labute approximate surface area is 167 Å². The van der Waals surface area contributed by atoms with Gasteiger partial charge in [0.2, 0.25) is 5.96 Å². The normalized spacial score (nSPS) is 9.93. The molecule has 0 radical (unpaired) electrons. The third kappa shape index (κ3) is 7.02. The van der Waals surface area contributed by atoms with Crippen LogP contribution in [0.1, 0.15) is 5.56 Å². The van der Waals surface area contributed by atoms with E-state index in [1.165, 1.54) is 0 Å². The van der Waals surface area contributed by atoms with Crippen molar-refractivity contribution < 1.29 is 10.3 Å². The molecule has 0 atom stereocenters. The molecule has 0 unspecified atom stereocenters. The maximum atomic E-state index is 8.36. The molecule has 0 aromatic heterocycles. The molecule has 5 N–H and O–H groups in total. The van der Waals surface area contributed by atoms with E-state index in [-0.39, 0.29) is 5.96 Å². The third-order valence-electron chi connectivity index (χ3n) is 3.56. The topological polar surface area (TPSA) is 143 Å². The molecule has 9 heteroatoms. The molecule has 0 bridgehead atoms. The molecule has 0 saturated heterocycles. The second kappa shape index (κ2) is 10.7. The van der Waals surface area contributed by atoms with Crippen LogP contribution in [-0.4, -0.2) is 22.5 Å². The minimum atomic E-state index is -1.50.